The van der Waals surface area contributed by atoms with Crippen molar-refractivity contribution in [3.8, 4) is 0 Å². The molecule has 2 aliphatic rings. The lowest BCUT2D eigenvalue weighted by Crippen LogP contribution is -2.65. The average molecular weight is 1200 g/mol. The van der Waals surface area contributed by atoms with Gasteiger partial charge in [0.1, 0.15) is 48.8 Å². The average Bonchev–Trinajstić information content (AvgIpc) is 3.23. The number of carbonyl (C=O) groups excluding carboxylic acids is 1. The van der Waals surface area contributed by atoms with Crippen molar-refractivity contribution >= 4 is 5.91 Å². The Morgan fingerprint density at radius 1 is 0.417 bits per heavy atom. The molecule has 0 aromatic rings. The van der Waals surface area contributed by atoms with Gasteiger partial charge in [0, 0.05) is 6.42 Å². The fraction of sp³-hybridized carbons (Fsp3) is 0.929. The van der Waals surface area contributed by atoms with Crippen LogP contribution < -0.4 is 5.32 Å². The summed E-state index contributed by atoms with van der Waals surface area (Å²) >= 11 is 0. The first-order valence-electron chi connectivity index (χ1n) is 35.6. The van der Waals surface area contributed by atoms with E-state index in [1.165, 1.54) is 257 Å². The van der Waals surface area contributed by atoms with Gasteiger partial charge in [-0.2, -0.15) is 0 Å². The van der Waals surface area contributed by atoms with Gasteiger partial charge in [-0.1, -0.05) is 295 Å². The van der Waals surface area contributed by atoms with E-state index in [-0.39, 0.29) is 18.9 Å². The predicted octanol–water partition coefficient (Wildman–Crippen LogP) is 14.3. The van der Waals surface area contributed by atoms with Crippen LogP contribution in [0.25, 0.3) is 0 Å². The minimum absolute atomic E-state index is 0.233. The highest BCUT2D eigenvalue weighted by Gasteiger charge is 2.51. The van der Waals surface area contributed by atoms with E-state index in [4.69, 9.17) is 18.9 Å². The fourth-order valence-corrected chi connectivity index (χ4v) is 11.9. The number of allylic oxidation sites excluding steroid dienone is 3. The van der Waals surface area contributed by atoms with Crippen LogP contribution in [-0.4, -0.2) is 140 Å². The van der Waals surface area contributed by atoms with Gasteiger partial charge in [0.05, 0.1) is 32.0 Å². The lowest BCUT2D eigenvalue weighted by atomic mass is 9.97. The predicted molar refractivity (Wildman–Crippen MR) is 342 cm³/mol. The lowest BCUT2D eigenvalue weighted by Gasteiger charge is -2.46. The summed E-state index contributed by atoms with van der Waals surface area (Å²) in [5.74, 6) is -0.233. The quantitative estimate of drug-likeness (QED) is 0.0204. The maximum Gasteiger partial charge on any atom is 0.220 e. The van der Waals surface area contributed by atoms with Crippen molar-refractivity contribution in [3.63, 3.8) is 0 Å². The molecule has 2 rings (SSSR count). The number of hydrogen-bond donors (Lipinski definition) is 9. The van der Waals surface area contributed by atoms with Gasteiger partial charge in [0.15, 0.2) is 12.6 Å². The molecule has 9 N–H and O–H groups in total. The van der Waals surface area contributed by atoms with Crippen molar-refractivity contribution in [2.24, 2.45) is 0 Å². The third kappa shape index (κ3) is 39.5. The Bertz CT molecular complexity index is 1500. The molecule has 0 aliphatic carbocycles. The second-order valence-electron chi connectivity index (χ2n) is 25.4. The third-order valence-electron chi connectivity index (χ3n) is 17.6. The molecule has 0 spiro atoms. The SMILES string of the molecule is CCCCCCCCCC/C=C\CCCCCCCCCCCCCCCCCCCCCCCCCC(=O)NC(COC1OC(CO)C(OC2OC(CO)C(O)C(O)C2O)C(O)C1O)C(O)/C=C/CCCCCCCCCCCCCCC. The number of aliphatic hydroxyl groups excluding tert-OH is 8. The Morgan fingerprint density at radius 3 is 1.13 bits per heavy atom. The molecule has 0 radical (unpaired) electrons. The van der Waals surface area contributed by atoms with Crippen molar-refractivity contribution < 1.29 is 64.6 Å². The molecule has 1 amide bonds. The van der Waals surface area contributed by atoms with Crippen molar-refractivity contribution in [1.29, 1.82) is 0 Å². The van der Waals surface area contributed by atoms with E-state index in [0.29, 0.717) is 6.42 Å². The Morgan fingerprint density at radius 2 is 0.750 bits per heavy atom. The van der Waals surface area contributed by atoms with E-state index in [1.807, 2.05) is 6.08 Å². The topological polar surface area (TPSA) is 228 Å². The third-order valence-corrected chi connectivity index (χ3v) is 17.6. The summed E-state index contributed by atoms with van der Waals surface area (Å²) < 4.78 is 22.8. The minimum atomic E-state index is -1.79. The van der Waals surface area contributed by atoms with E-state index in [9.17, 15) is 45.6 Å². The summed E-state index contributed by atoms with van der Waals surface area (Å²) in [5.41, 5.74) is 0. The number of amides is 1. The number of hydrogen-bond acceptors (Lipinski definition) is 13. The van der Waals surface area contributed by atoms with Crippen LogP contribution in [0.2, 0.25) is 0 Å². The van der Waals surface area contributed by atoms with Gasteiger partial charge in [-0.25, -0.2) is 0 Å². The summed E-state index contributed by atoms with van der Waals surface area (Å²) in [6.07, 6.45) is 52.6. The smallest absolute Gasteiger partial charge is 0.220 e. The summed E-state index contributed by atoms with van der Waals surface area (Å²) in [6, 6.07) is -0.911. The molecule has 12 unspecified atom stereocenters. The second kappa shape index (κ2) is 55.5. The van der Waals surface area contributed by atoms with E-state index in [2.05, 4.69) is 31.3 Å². The van der Waals surface area contributed by atoms with Crippen molar-refractivity contribution in [3.05, 3.63) is 24.3 Å². The van der Waals surface area contributed by atoms with Crippen LogP contribution in [0.3, 0.4) is 0 Å². The first kappa shape index (κ1) is 78.6. The molecule has 14 heteroatoms. The van der Waals surface area contributed by atoms with Crippen LogP contribution in [0.5, 0.6) is 0 Å². The minimum Gasteiger partial charge on any atom is -0.394 e. The summed E-state index contributed by atoms with van der Waals surface area (Å²) in [5, 5.41) is 87.3. The van der Waals surface area contributed by atoms with Crippen LogP contribution in [-0.2, 0) is 23.7 Å². The van der Waals surface area contributed by atoms with Gasteiger partial charge >= 0.3 is 0 Å². The molecule has 2 saturated heterocycles. The van der Waals surface area contributed by atoms with Gasteiger partial charge in [0.25, 0.3) is 0 Å². The maximum absolute atomic E-state index is 13.3. The molecule has 2 aliphatic heterocycles. The Labute approximate surface area is 513 Å². The van der Waals surface area contributed by atoms with Crippen molar-refractivity contribution in [2.75, 3.05) is 19.8 Å². The highest BCUT2D eigenvalue weighted by molar-refractivity contribution is 5.76. The van der Waals surface area contributed by atoms with Crippen LogP contribution in [0.15, 0.2) is 24.3 Å². The van der Waals surface area contributed by atoms with Crippen LogP contribution in [0, 0.1) is 0 Å². The summed E-state index contributed by atoms with van der Waals surface area (Å²) in [7, 11) is 0. The highest BCUT2D eigenvalue weighted by Crippen LogP contribution is 2.30. The Hall–Kier alpha value is -1.53. The van der Waals surface area contributed by atoms with Crippen molar-refractivity contribution in [2.45, 2.75) is 396 Å². The van der Waals surface area contributed by atoms with E-state index in [1.54, 1.807) is 6.08 Å². The normalized spacial score (nSPS) is 23.7. The molecule has 0 bridgehead atoms. The first-order chi connectivity index (χ1) is 41.1. The van der Waals surface area contributed by atoms with E-state index < -0.39 is 86.8 Å². The molecule has 0 saturated carbocycles. The van der Waals surface area contributed by atoms with Gasteiger partial charge in [-0.15, -0.1) is 0 Å². The lowest BCUT2D eigenvalue weighted by molar-refractivity contribution is -0.359. The number of aliphatic hydroxyl groups is 8. The maximum atomic E-state index is 13.3. The van der Waals surface area contributed by atoms with Gasteiger partial charge in [0.2, 0.25) is 5.91 Å². The standard InChI is InChI=1S/C70H133NO13/c1-3-5-7-9-11-13-15-17-19-20-21-22-23-24-25-26-27-28-29-30-31-32-33-34-35-36-37-38-40-42-44-46-48-50-52-54-62(75)71-58(59(74)53-51-49-47-45-43-41-39-18-16-14-12-10-8-6-4-2)57-81-69-67(80)65(78)68(61(56-73)83-69)84-70-66(79)64(77)63(76)60(55-72)82-70/h20-21,51,53,58-61,63-70,72-74,76-80H,3-19,22-50,52,54-57H2,1-2H3,(H,71,75)/b21-20-,53-51+. The summed E-state index contributed by atoms with van der Waals surface area (Å²) in [4.78, 5) is 13.3. The van der Waals surface area contributed by atoms with Crippen LogP contribution >= 0.6 is 0 Å². The number of ether oxygens (including phenoxy) is 4. The highest BCUT2D eigenvalue weighted by atomic mass is 16.7. The Balaban J connectivity index is 1.59. The zero-order chi connectivity index (χ0) is 60.9. The van der Waals surface area contributed by atoms with E-state index in [0.717, 1.165) is 38.5 Å². The number of rotatable bonds is 59. The Kier molecular flexibility index (Phi) is 51.9. The molecule has 84 heavy (non-hydrogen) atoms. The molecule has 2 heterocycles. The molecule has 496 valence electrons. The number of nitrogens with one attached hydrogen (secondary N) is 1. The molecule has 0 aromatic heterocycles. The molecule has 12 atom stereocenters. The van der Waals surface area contributed by atoms with Gasteiger partial charge < -0.3 is 65.1 Å². The largest absolute Gasteiger partial charge is 0.394 e. The van der Waals surface area contributed by atoms with Crippen molar-refractivity contribution in [1.82, 2.24) is 5.32 Å². The number of carbonyl (C=O) groups is 1. The second-order valence-corrected chi connectivity index (χ2v) is 25.4. The fourth-order valence-electron chi connectivity index (χ4n) is 11.9. The molecule has 0 aromatic carbocycles. The zero-order valence-corrected chi connectivity index (χ0v) is 53.9. The summed E-state index contributed by atoms with van der Waals surface area (Å²) in [6.45, 7) is 2.83. The zero-order valence-electron chi connectivity index (χ0n) is 53.9. The van der Waals surface area contributed by atoms with E-state index >= 15 is 0 Å². The monoisotopic (exact) mass is 1200 g/mol. The van der Waals surface area contributed by atoms with Crippen LogP contribution in [0.4, 0.5) is 0 Å². The molecule has 14 nitrogen and oxygen atoms in total. The molecular formula is C70H133NO13. The first-order valence-corrected chi connectivity index (χ1v) is 35.6. The van der Waals surface area contributed by atoms with Gasteiger partial charge in [-0.3, -0.25) is 4.79 Å². The molecular weight excluding hydrogens is 1060 g/mol. The van der Waals surface area contributed by atoms with Gasteiger partial charge in [-0.05, 0) is 44.9 Å². The number of unbranched alkanes of at least 4 members (excludes halogenated alkanes) is 44. The van der Waals surface area contributed by atoms with Crippen LogP contribution in [0.1, 0.15) is 322 Å². The molecule has 2 fully saturated rings.